The number of hydrogen-bond acceptors (Lipinski definition) is 4. The highest BCUT2D eigenvalue weighted by Crippen LogP contribution is 2.40. The molecule has 1 aromatic rings. The summed E-state index contributed by atoms with van der Waals surface area (Å²) in [6.45, 7) is 13.1. The number of para-hydroxylation sites is 1. The summed E-state index contributed by atoms with van der Waals surface area (Å²) in [7, 11) is 0. The lowest BCUT2D eigenvalue weighted by molar-refractivity contribution is -0.133. The first-order valence-corrected chi connectivity index (χ1v) is 13.2. The van der Waals surface area contributed by atoms with Crippen molar-refractivity contribution in [2.24, 2.45) is 5.41 Å². The molecule has 0 radical (unpaired) electrons. The molecule has 184 valence electrons. The Bertz CT molecular complexity index is 733. The lowest BCUT2D eigenvalue weighted by atomic mass is 9.77. The minimum atomic E-state index is 0.266. The Labute approximate surface area is 205 Å². The molecule has 0 saturated carbocycles. The fraction of sp³-hybridized carbons (Fsp3) is 0.692. The molecule has 0 unspecified atom stereocenters. The van der Waals surface area contributed by atoms with Crippen LogP contribution in [0.1, 0.15) is 52.4 Å². The van der Waals surface area contributed by atoms with Crippen molar-refractivity contribution >= 4 is 23.2 Å². The van der Waals surface area contributed by atoms with Crippen LogP contribution in [0.2, 0.25) is 0 Å². The Morgan fingerprint density at radius 1 is 1.06 bits per heavy atom. The molecule has 0 aliphatic carbocycles. The average molecular weight is 475 g/mol. The molecular weight excluding hydrogens is 432 g/mol. The van der Waals surface area contributed by atoms with Gasteiger partial charge in [-0.15, -0.1) is 0 Å². The second-order valence-corrected chi connectivity index (χ2v) is 9.82. The lowest BCUT2D eigenvalue weighted by Crippen LogP contribution is -2.46. The molecule has 7 heteroatoms. The van der Waals surface area contributed by atoms with Gasteiger partial charge in [0.2, 0.25) is 5.91 Å². The van der Waals surface area contributed by atoms with Gasteiger partial charge in [-0.05, 0) is 81.5 Å². The molecule has 2 aliphatic rings. The highest BCUT2D eigenvalue weighted by molar-refractivity contribution is 7.80. The predicted molar refractivity (Wildman–Crippen MR) is 139 cm³/mol. The van der Waals surface area contributed by atoms with E-state index in [0.29, 0.717) is 18.4 Å². The number of nitrogens with one attached hydrogen (secondary N) is 1. The zero-order chi connectivity index (χ0) is 23.5. The monoisotopic (exact) mass is 474 g/mol. The van der Waals surface area contributed by atoms with E-state index < -0.39 is 0 Å². The van der Waals surface area contributed by atoms with Gasteiger partial charge in [-0.1, -0.05) is 32.0 Å². The van der Waals surface area contributed by atoms with E-state index in [4.69, 9.17) is 17.0 Å². The van der Waals surface area contributed by atoms with Crippen LogP contribution >= 0.6 is 12.2 Å². The molecule has 2 saturated heterocycles. The smallest absolute Gasteiger partial charge is 0.222 e. The molecule has 1 N–H and O–H groups in total. The second-order valence-electron chi connectivity index (χ2n) is 9.43. The quantitative estimate of drug-likeness (QED) is 0.389. The van der Waals surface area contributed by atoms with Crippen molar-refractivity contribution in [3.8, 4) is 5.75 Å². The van der Waals surface area contributed by atoms with E-state index in [-0.39, 0.29) is 5.91 Å². The third-order valence-electron chi connectivity index (χ3n) is 7.27. The van der Waals surface area contributed by atoms with E-state index in [9.17, 15) is 4.79 Å². The number of thiocarbonyl (C=S) groups is 1. The fourth-order valence-corrected chi connectivity index (χ4v) is 5.24. The molecule has 0 atom stereocenters. The molecule has 1 spiro atoms. The largest absolute Gasteiger partial charge is 0.494 e. The normalized spacial score (nSPS) is 17.5. The van der Waals surface area contributed by atoms with E-state index >= 15 is 0 Å². The summed E-state index contributed by atoms with van der Waals surface area (Å²) >= 11 is 5.69. The molecule has 33 heavy (non-hydrogen) atoms. The Balaban J connectivity index is 1.31. The summed E-state index contributed by atoms with van der Waals surface area (Å²) < 4.78 is 5.72. The van der Waals surface area contributed by atoms with E-state index in [1.807, 2.05) is 30.3 Å². The summed E-state index contributed by atoms with van der Waals surface area (Å²) in [6, 6.07) is 9.80. The molecule has 0 bridgehead atoms. The lowest BCUT2D eigenvalue weighted by Gasteiger charge is -2.39. The van der Waals surface area contributed by atoms with Gasteiger partial charge in [0.05, 0.1) is 6.61 Å². The van der Waals surface area contributed by atoms with Crippen molar-refractivity contribution in [1.29, 1.82) is 0 Å². The first-order valence-electron chi connectivity index (χ1n) is 12.8. The Morgan fingerprint density at radius 3 is 2.39 bits per heavy atom. The standard InChI is InChI=1S/C26H42N4O2S/c1-3-28(4-2)17-9-16-27-25(33)30-20-15-26(22-30)13-18-29(19-14-26)24(31)12-8-21-32-23-10-6-5-7-11-23/h5-7,10-11H,3-4,8-9,12-22H2,1-2H3,(H,27,33). The zero-order valence-corrected chi connectivity index (χ0v) is 21.4. The maximum absolute atomic E-state index is 12.6. The highest BCUT2D eigenvalue weighted by Gasteiger charge is 2.41. The first kappa shape index (κ1) is 25.8. The van der Waals surface area contributed by atoms with Gasteiger partial charge in [0.15, 0.2) is 5.11 Å². The Morgan fingerprint density at radius 2 is 1.73 bits per heavy atom. The van der Waals surface area contributed by atoms with Crippen molar-refractivity contribution in [3.05, 3.63) is 30.3 Å². The number of nitrogens with zero attached hydrogens (tertiary/aromatic N) is 3. The average Bonchev–Trinajstić information content (AvgIpc) is 3.26. The van der Waals surface area contributed by atoms with Gasteiger partial charge in [-0.25, -0.2) is 0 Å². The van der Waals surface area contributed by atoms with Gasteiger partial charge in [0, 0.05) is 39.1 Å². The minimum Gasteiger partial charge on any atom is -0.494 e. The molecule has 1 amide bonds. The van der Waals surface area contributed by atoms with Gasteiger partial charge < -0.3 is 24.8 Å². The summed E-state index contributed by atoms with van der Waals surface area (Å²) in [6.07, 6.45) is 5.79. The van der Waals surface area contributed by atoms with Gasteiger partial charge >= 0.3 is 0 Å². The molecular formula is C26H42N4O2S. The SMILES string of the molecule is CCN(CC)CCCNC(=S)N1CCC2(CCN(C(=O)CCCOc3ccccc3)CC2)C1. The van der Waals surface area contributed by atoms with Crippen LogP contribution in [0.4, 0.5) is 0 Å². The van der Waals surface area contributed by atoms with Crippen LogP contribution in [0.3, 0.4) is 0 Å². The third kappa shape index (κ3) is 7.85. The molecule has 6 nitrogen and oxygen atoms in total. The van der Waals surface area contributed by atoms with Crippen molar-refractivity contribution in [2.45, 2.75) is 52.4 Å². The molecule has 0 aromatic heterocycles. The number of carbonyl (C=O) groups excluding carboxylic acids is 1. The number of piperidine rings is 1. The van der Waals surface area contributed by atoms with Crippen molar-refractivity contribution in [2.75, 3.05) is 59.0 Å². The minimum absolute atomic E-state index is 0.266. The van der Waals surface area contributed by atoms with Crippen molar-refractivity contribution in [3.63, 3.8) is 0 Å². The van der Waals surface area contributed by atoms with Crippen LogP contribution in [-0.2, 0) is 4.79 Å². The van der Waals surface area contributed by atoms with Crippen LogP contribution in [0.25, 0.3) is 0 Å². The van der Waals surface area contributed by atoms with Gasteiger partial charge in [-0.3, -0.25) is 4.79 Å². The highest BCUT2D eigenvalue weighted by atomic mass is 32.1. The summed E-state index contributed by atoms with van der Waals surface area (Å²) in [5.41, 5.74) is 0.320. The van der Waals surface area contributed by atoms with Crippen LogP contribution in [0.5, 0.6) is 5.75 Å². The topological polar surface area (TPSA) is 48.0 Å². The molecule has 2 aliphatic heterocycles. The zero-order valence-electron chi connectivity index (χ0n) is 20.6. The fourth-order valence-electron chi connectivity index (χ4n) is 4.98. The number of hydrogen-bond donors (Lipinski definition) is 1. The van der Waals surface area contributed by atoms with Gasteiger partial charge in [0.1, 0.15) is 5.75 Å². The number of likely N-dealkylation sites (tertiary alicyclic amines) is 2. The Kier molecular flexibility index (Phi) is 10.3. The Hall–Kier alpha value is -1.86. The predicted octanol–water partition coefficient (Wildman–Crippen LogP) is 3.77. The first-order chi connectivity index (χ1) is 16.0. The van der Waals surface area contributed by atoms with Crippen LogP contribution in [0, 0.1) is 5.41 Å². The van der Waals surface area contributed by atoms with E-state index in [2.05, 4.69) is 33.9 Å². The van der Waals surface area contributed by atoms with Crippen molar-refractivity contribution in [1.82, 2.24) is 20.0 Å². The van der Waals surface area contributed by atoms with Crippen molar-refractivity contribution < 1.29 is 9.53 Å². The molecule has 3 rings (SSSR count). The van der Waals surface area contributed by atoms with E-state index in [1.165, 1.54) is 6.42 Å². The van der Waals surface area contributed by atoms with Crippen LogP contribution < -0.4 is 10.1 Å². The van der Waals surface area contributed by atoms with E-state index in [0.717, 1.165) is 88.9 Å². The number of ether oxygens (including phenoxy) is 1. The van der Waals surface area contributed by atoms with Gasteiger partial charge in [0.25, 0.3) is 0 Å². The number of benzene rings is 1. The van der Waals surface area contributed by atoms with Crippen LogP contribution in [0.15, 0.2) is 30.3 Å². The molecule has 1 aromatic carbocycles. The second kappa shape index (κ2) is 13.1. The third-order valence-corrected chi connectivity index (χ3v) is 7.67. The summed E-state index contributed by atoms with van der Waals surface area (Å²) in [5, 5.41) is 4.38. The number of amides is 1. The maximum Gasteiger partial charge on any atom is 0.222 e. The number of rotatable bonds is 11. The maximum atomic E-state index is 12.6. The number of carbonyl (C=O) groups is 1. The molecule has 2 heterocycles. The van der Waals surface area contributed by atoms with E-state index in [1.54, 1.807) is 0 Å². The van der Waals surface area contributed by atoms with Gasteiger partial charge in [-0.2, -0.15) is 0 Å². The summed E-state index contributed by atoms with van der Waals surface area (Å²) in [5.74, 6) is 1.13. The molecule has 2 fully saturated rings. The summed E-state index contributed by atoms with van der Waals surface area (Å²) in [4.78, 5) is 19.5. The van der Waals surface area contributed by atoms with Crippen LogP contribution in [-0.4, -0.2) is 84.7 Å².